The first kappa shape index (κ1) is 21.2. The molecule has 1 amide bonds. The quantitative estimate of drug-likeness (QED) is 0.365. The van der Waals surface area contributed by atoms with Gasteiger partial charge < -0.3 is 5.32 Å². The second-order valence-electron chi connectivity index (χ2n) is 6.97. The molecular formula is C24H21ClN4OS. The number of hydrogen-bond donors (Lipinski definition) is 1. The number of benzene rings is 3. The first-order valence-electron chi connectivity index (χ1n) is 9.86. The Morgan fingerprint density at radius 1 is 0.968 bits per heavy atom. The van der Waals surface area contributed by atoms with Gasteiger partial charge in [-0.1, -0.05) is 84.0 Å². The number of carbonyl (C=O) groups is 1. The Morgan fingerprint density at radius 3 is 2.32 bits per heavy atom. The van der Waals surface area contributed by atoms with E-state index < -0.39 is 0 Å². The number of halogens is 1. The molecule has 7 heteroatoms. The zero-order valence-corrected chi connectivity index (χ0v) is 18.5. The summed E-state index contributed by atoms with van der Waals surface area (Å²) in [6.45, 7) is 2.43. The number of nitrogens with one attached hydrogen (secondary N) is 1. The van der Waals surface area contributed by atoms with Crippen molar-refractivity contribution in [1.82, 2.24) is 14.8 Å². The molecule has 0 radical (unpaired) electrons. The van der Waals surface area contributed by atoms with Crippen molar-refractivity contribution in [3.8, 4) is 11.4 Å². The highest BCUT2D eigenvalue weighted by Crippen LogP contribution is 2.31. The molecule has 0 aliphatic rings. The van der Waals surface area contributed by atoms with Gasteiger partial charge in [0, 0.05) is 11.3 Å². The minimum absolute atomic E-state index is 0.0928. The standard InChI is InChI=1S/C24H21ClN4OS/c1-17(23(30)26-19-12-6-3-7-13-19)31-24-28-27-22(20-14-8-9-15-21(20)25)29(24)16-18-10-4-2-5-11-18/h2-15,17H,16H2,1H3,(H,26,30). The van der Waals surface area contributed by atoms with Gasteiger partial charge in [0.1, 0.15) is 0 Å². The molecule has 1 heterocycles. The number of amides is 1. The Hall–Kier alpha value is -3.09. The van der Waals surface area contributed by atoms with Crippen molar-refractivity contribution in [2.75, 3.05) is 5.32 Å². The van der Waals surface area contributed by atoms with Crippen molar-refractivity contribution < 1.29 is 4.79 Å². The summed E-state index contributed by atoms with van der Waals surface area (Å²) in [6.07, 6.45) is 0. The molecule has 0 bridgehead atoms. The molecule has 4 aromatic rings. The topological polar surface area (TPSA) is 59.8 Å². The highest BCUT2D eigenvalue weighted by molar-refractivity contribution is 8.00. The van der Waals surface area contributed by atoms with Gasteiger partial charge in [0.15, 0.2) is 11.0 Å². The number of nitrogens with zero attached hydrogens (tertiary/aromatic N) is 3. The van der Waals surface area contributed by atoms with Gasteiger partial charge in [-0.15, -0.1) is 10.2 Å². The van der Waals surface area contributed by atoms with Crippen LogP contribution in [-0.4, -0.2) is 25.9 Å². The molecule has 0 spiro atoms. The fourth-order valence-electron chi connectivity index (χ4n) is 3.10. The van der Waals surface area contributed by atoms with Crippen LogP contribution in [0.4, 0.5) is 5.69 Å². The summed E-state index contributed by atoms with van der Waals surface area (Å²) in [5, 5.41) is 12.7. The molecule has 4 rings (SSSR count). The van der Waals surface area contributed by atoms with Crippen LogP contribution in [0.5, 0.6) is 0 Å². The SMILES string of the molecule is CC(Sc1nnc(-c2ccccc2Cl)n1Cc1ccccc1)C(=O)Nc1ccccc1. The van der Waals surface area contributed by atoms with Crippen LogP contribution in [0.2, 0.25) is 5.02 Å². The molecule has 0 aliphatic heterocycles. The van der Waals surface area contributed by atoms with E-state index in [1.54, 1.807) is 0 Å². The molecule has 0 saturated carbocycles. The molecule has 1 atom stereocenters. The van der Waals surface area contributed by atoms with Gasteiger partial charge in [0.05, 0.1) is 16.8 Å². The number of thioether (sulfide) groups is 1. The van der Waals surface area contributed by atoms with Crippen molar-refractivity contribution in [3.05, 3.63) is 95.5 Å². The predicted octanol–water partition coefficient (Wildman–Crippen LogP) is 5.77. The summed E-state index contributed by atoms with van der Waals surface area (Å²) in [7, 11) is 0. The van der Waals surface area contributed by atoms with E-state index in [0.29, 0.717) is 22.5 Å². The molecule has 0 fully saturated rings. The number of carbonyl (C=O) groups excluding carboxylic acids is 1. The third-order valence-corrected chi connectivity index (χ3v) is 6.12. The normalized spacial score (nSPS) is 11.8. The van der Waals surface area contributed by atoms with Crippen molar-refractivity contribution in [2.24, 2.45) is 0 Å². The highest BCUT2D eigenvalue weighted by Gasteiger charge is 2.22. The van der Waals surface area contributed by atoms with Crippen LogP contribution in [0.15, 0.2) is 90.1 Å². The summed E-state index contributed by atoms with van der Waals surface area (Å²) < 4.78 is 2.01. The van der Waals surface area contributed by atoms with E-state index in [9.17, 15) is 4.79 Å². The Labute approximate surface area is 190 Å². The van der Waals surface area contributed by atoms with Gasteiger partial charge in [0.2, 0.25) is 5.91 Å². The Morgan fingerprint density at radius 2 is 1.61 bits per heavy atom. The zero-order chi connectivity index (χ0) is 21.6. The molecule has 0 aliphatic carbocycles. The molecule has 156 valence electrons. The number of anilines is 1. The summed E-state index contributed by atoms with van der Waals surface area (Å²) in [6, 6.07) is 27.1. The second kappa shape index (κ2) is 9.81. The van der Waals surface area contributed by atoms with Crippen LogP contribution in [0.25, 0.3) is 11.4 Å². The third-order valence-electron chi connectivity index (χ3n) is 4.71. The predicted molar refractivity (Wildman–Crippen MR) is 126 cm³/mol. The molecule has 31 heavy (non-hydrogen) atoms. The molecule has 1 aromatic heterocycles. The van der Waals surface area contributed by atoms with E-state index in [4.69, 9.17) is 11.6 Å². The van der Waals surface area contributed by atoms with Gasteiger partial charge in [-0.3, -0.25) is 9.36 Å². The largest absolute Gasteiger partial charge is 0.325 e. The Bertz CT molecular complexity index is 1160. The molecule has 1 unspecified atom stereocenters. The lowest BCUT2D eigenvalue weighted by Crippen LogP contribution is -2.23. The summed E-state index contributed by atoms with van der Waals surface area (Å²) >= 11 is 7.81. The third kappa shape index (κ3) is 5.16. The molecular weight excluding hydrogens is 428 g/mol. The van der Waals surface area contributed by atoms with E-state index in [2.05, 4.69) is 27.6 Å². The van der Waals surface area contributed by atoms with Crippen molar-refractivity contribution >= 4 is 35.0 Å². The van der Waals surface area contributed by atoms with E-state index in [1.807, 2.05) is 84.3 Å². The Balaban J connectivity index is 1.62. The first-order valence-corrected chi connectivity index (χ1v) is 11.1. The van der Waals surface area contributed by atoms with Crippen LogP contribution in [0.3, 0.4) is 0 Å². The number of para-hydroxylation sites is 1. The lowest BCUT2D eigenvalue weighted by atomic mass is 10.2. The van der Waals surface area contributed by atoms with Crippen molar-refractivity contribution in [2.45, 2.75) is 23.9 Å². The molecule has 0 saturated heterocycles. The fraction of sp³-hybridized carbons (Fsp3) is 0.125. The summed E-state index contributed by atoms with van der Waals surface area (Å²) in [5.41, 5.74) is 2.68. The highest BCUT2D eigenvalue weighted by atomic mass is 35.5. The molecule has 5 nitrogen and oxygen atoms in total. The zero-order valence-electron chi connectivity index (χ0n) is 16.9. The summed E-state index contributed by atoms with van der Waals surface area (Å²) in [4.78, 5) is 12.7. The van der Waals surface area contributed by atoms with Crippen molar-refractivity contribution in [3.63, 3.8) is 0 Å². The summed E-state index contributed by atoms with van der Waals surface area (Å²) in [5.74, 6) is 0.581. The van der Waals surface area contributed by atoms with Crippen LogP contribution in [-0.2, 0) is 11.3 Å². The van der Waals surface area contributed by atoms with E-state index in [0.717, 1.165) is 16.8 Å². The number of aromatic nitrogens is 3. The minimum atomic E-state index is -0.363. The van der Waals surface area contributed by atoms with Gasteiger partial charge in [-0.2, -0.15) is 0 Å². The lowest BCUT2D eigenvalue weighted by molar-refractivity contribution is -0.115. The van der Waals surface area contributed by atoms with Crippen LogP contribution in [0.1, 0.15) is 12.5 Å². The van der Waals surface area contributed by atoms with Crippen LogP contribution >= 0.6 is 23.4 Å². The Kier molecular flexibility index (Phi) is 6.70. The smallest absolute Gasteiger partial charge is 0.237 e. The van der Waals surface area contributed by atoms with E-state index >= 15 is 0 Å². The van der Waals surface area contributed by atoms with Gasteiger partial charge in [-0.05, 0) is 36.8 Å². The maximum absolute atomic E-state index is 12.7. The maximum atomic E-state index is 12.7. The first-order chi connectivity index (χ1) is 15.1. The van der Waals surface area contributed by atoms with E-state index in [-0.39, 0.29) is 11.2 Å². The van der Waals surface area contributed by atoms with Gasteiger partial charge >= 0.3 is 0 Å². The lowest BCUT2D eigenvalue weighted by Gasteiger charge is -2.14. The average molecular weight is 449 g/mol. The average Bonchev–Trinajstić information content (AvgIpc) is 3.17. The van der Waals surface area contributed by atoms with E-state index in [1.165, 1.54) is 11.8 Å². The molecule has 1 N–H and O–H groups in total. The fourth-order valence-corrected chi connectivity index (χ4v) is 4.17. The number of hydrogen-bond acceptors (Lipinski definition) is 4. The minimum Gasteiger partial charge on any atom is -0.325 e. The monoisotopic (exact) mass is 448 g/mol. The number of rotatable bonds is 7. The van der Waals surface area contributed by atoms with Crippen LogP contribution < -0.4 is 5.32 Å². The van der Waals surface area contributed by atoms with Crippen LogP contribution in [0, 0.1) is 0 Å². The molecule has 3 aromatic carbocycles. The second-order valence-corrected chi connectivity index (χ2v) is 8.69. The van der Waals surface area contributed by atoms with Gasteiger partial charge in [0.25, 0.3) is 0 Å². The van der Waals surface area contributed by atoms with Crippen molar-refractivity contribution in [1.29, 1.82) is 0 Å². The van der Waals surface area contributed by atoms with Gasteiger partial charge in [-0.25, -0.2) is 0 Å². The maximum Gasteiger partial charge on any atom is 0.237 e.